The lowest BCUT2D eigenvalue weighted by atomic mass is 10.1. The van der Waals surface area contributed by atoms with Gasteiger partial charge in [-0.25, -0.2) is 4.98 Å². The smallest absolute Gasteiger partial charge is 0.0731 e. The van der Waals surface area contributed by atoms with Crippen molar-refractivity contribution in [3.8, 4) is 11.3 Å². The van der Waals surface area contributed by atoms with Crippen LogP contribution in [0.25, 0.3) is 33.1 Å². The number of nitrogens with one attached hydrogen (secondary N) is 1. The largest absolute Gasteiger partial charge is 0.360 e. The van der Waals surface area contributed by atoms with Gasteiger partial charge in [0.25, 0.3) is 0 Å². The van der Waals surface area contributed by atoms with Gasteiger partial charge in [-0.05, 0) is 43.3 Å². The third-order valence-corrected chi connectivity index (χ3v) is 4.26. The average Bonchev–Trinajstić information content (AvgIpc) is 2.89. The van der Waals surface area contributed by atoms with E-state index in [1.807, 2.05) is 12.3 Å². The molecule has 0 saturated heterocycles. The lowest BCUT2D eigenvalue weighted by Gasteiger charge is -2.03. The van der Waals surface area contributed by atoms with Crippen LogP contribution in [0.1, 0.15) is 5.56 Å². The maximum absolute atomic E-state index is 4.80. The Bertz CT molecular complexity index is 969. The predicted molar refractivity (Wildman–Crippen MR) is 91.5 cm³/mol. The summed E-state index contributed by atoms with van der Waals surface area (Å²) in [6.45, 7) is 2.10. The average molecular weight is 337 g/mol. The number of fused-ring (bicyclic) bond motifs is 2. The number of hydrogen-bond acceptors (Lipinski definition) is 1. The molecule has 21 heavy (non-hydrogen) atoms. The Morgan fingerprint density at radius 1 is 1.00 bits per heavy atom. The zero-order chi connectivity index (χ0) is 14.4. The van der Waals surface area contributed by atoms with Gasteiger partial charge in [-0.1, -0.05) is 33.6 Å². The summed E-state index contributed by atoms with van der Waals surface area (Å²) in [5, 5.41) is 2.36. The normalized spacial score (nSPS) is 11.3. The number of aromatic nitrogens is 2. The van der Waals surface area contributed by atoms with E-state index >= 15 is 0 Å². The van der Waals surface area contributed by atoms with Crippen LogP contribution in [-0.4, -0.2) is 9.97 Å². The predicted octanol–water partition coefficient (Wildman–Crippen LogP) is 5.45. The fourth-order valence-corrected chi connectivity index (χ4v) is 3.06. The molecule has 2 heterocycles. The highest BCUT2D eigenvalue weighted by Gasteiger charge is 2.08. The van der Waals surface area contributed by atoms with Crippen LogP contribution < -0.4 is 0 Å². The van der Waals surface area contributed by atoms with Crippen molar-refractivity contribution in [2.75, 3.05) is 0 Å². The lowest BCUT2D eigenvalue weighted by Crippen LogP contribution is -1.85. The van der Waals surface area contributed by atoms with Gasteiger partial charge in [0.15, 0.2) is 0 Å². The van der Waals surface area contributed by atoms with Crippen LogP contribution in [0.2, 0.25) is 0 Å². The first-order valence-corrected chi connectivity index (χ1v) is 7.64. The Morgan fingerprint density at radius 3 is 2.81 bits per heavy atom. The Morgan fingerprint density at radius 2 is 1.90 bits per heavy atom. The third kappa shape index (κ3) is 2.14. The lowest BCUT2D eigenvalue weighted by molar-refractivity contribution is 1.38. The summed E-state index contributed by atoms with van der Waals surface area (Å²) in [5.74, 6) is 0. The van der Waals surface area contributed by atoms with Gasteiger partial charge in [-0.3, -0.25) is 0 Å². The Labute approximate surface area is 131 Å². The highest BCUT2D eigenvalue weighted by molar-refractivity contribution is 9.10. The Balaban J connectivity index is 1.95. The number of nitrogens with zero attached hydrogens (tertiary/aromatic N) is 1. The molecular weight excluding hydrogens is 324 g/mol. The summed E-state index contributed by atoms with van der Waals surface area (Å²) in [6.07, 6.45) is 2.03. The molecule has 0 bridgehead atoms. The molecule has 0 radical (unpaired) electrons. The maximum Gasteiger partial charge on any atom is 0.0731 e. The molecule has 0 spiro atoms. The van der Waals surface area contributed by atoms with Crippen LogP contribution in [0, 0.1) is 6.92 Å². The summed E-state index contributed by atoms with van der Waals surface area (Å²) in [4.78, 5) is 8.11. The van der Waals surface area contributed by atoms with Crippen LogP contribution >= 0.6 is 15.9 Å². The van der Waals surface area contributed by atoms with E-state index < -0.39 is 0 Å². The van der Waals surface area contributed by atoms with E-state index in [0.29, 0.717) is 0 Å². The zero-order valence-corrected chi connectivity index (χ0v) is 13.1. The molecule has 0 fully saturated rings. The van der Waals surface area contributed by atoms with Gasteiger partial charge in [0.1, 0.15) is 0 Å². The summed E-state index contributed by atoms with van der Waals surface area (Å²) in [7, 11) is 0. The first-order chi connectivity index (χ1) is 10.2. The number of hydrogen-bond donors (Lipinski definition) is 1. The van der Waals surface area contributed by atoms with Crippen LogP contribution in [0.3, 0.4) is 0 Å². The van der Waals surface area contributed by atoms with Crippen LogP contribution in [0.15, 0.2) is 59.2 Å². The first kappa shape index (κ1) is 12.6. The maximum atomic E-state index is 4.80. The molecule has 0 aliphatic rings. The molecular formula is C18H13BrN2. The number of aromatic amines is 1. The highest BCUT2D eigenvalue weighted by atomic mass is 79.9. The molecule has 0 aliphatic carbocycles. The SMILES string of the molecule is Cc1ccc2nc(-c3c[nH]c4ccc(Br)cc34)ccc2c1. The van der Waals surface area contributed by atoms with E-state index in [9.17, 15) is 0 Å². The molecule has 0 saturated carbocycles. The third-order valence-electron chi connectivity index (χ3n) is 3.76. The molecule has 2 aromatic heterocycles. The molecule has 0 amide bonds. The fraction of sp³-hybridized carbons (Fsp3) is 0.0556. The molecule has 0 unspecified atom stereocenters. The topological polar surface area (TPSA) is 28.7 Å². The van der Waals surface area contributed by atoms with Crippen molar-refractivity contribution in [3.05, 3.63) is 64.8 Å². The number of aryl methyl sites for hydroxylation is 1. The molecule has 0 atom stereocenters. The second-order valence-electron chi connectivity index (χ2n) is 5.28. The van der Waals surface area contributed by atoms with E-state index in [2.05, 4.69) is 70.3 Å². The van der Waals surface area contributed by atoms with Crippen LogP contribution in [-0.2, 0) is 0 Å². The summed E-state index contributed by atoms with van der Waals surface area (Å²) in [6, 6.07) is 16.8. The molecule has 0 aliphatic heterocycles. The highest BCUT2D eigenvalue weighted by Crippen LogP contribution is 2.30. The van der Waals surface area contributed by atoms with Gasteiger partial charge in [-0.2, -0.15) is 0 Å². The zero-order valence-electron chi connectivity index (χ0n) is 11.5. The minimum Gasteiger partial charge on any atom is -0.360 e. The molecule has 4 aromatic rings. The number of pyridine rings is 1. The fourth-order valence-electron chi connectivity index (χ4n) is 2.70. The van der Waals surface area contributed by atoms with Crippen molar-refractivity contribution in [3.63, 3.8) is 0 Å². The minimum atomic E-state index is 0.996. The number of benzene rings is 2. The standard InChI is InChI=1S/C18H13BrN2/c1-11-2-5-16-12(8-11)3-6-18(21-16)15-10-20-17-7-4-13(19)9-14(15)17/h2-10,20H,1H3. The van der Waals surface area contributed by atoms with Gasteiger partial charge in [0.05, 0.1) is 11.2 Å². The van der Waals surface area contributed by atoms with Crippen molar-refractivity contribution < 1.29 is 0 Å². The Kier molecular flexibility index (Phi) is 2.82. The van der Waals surface area contributed by atoms with E-state index in [1.54, 1.807) is 0 Å². The van der Waals surface area contributed by atoms with Gasteiger partial charge in [0, 0.05) is 32.5 Å². The van der Waals surface area contributed by atoms with Gasteiger partial charge in [0.2, 0.25) is 0 Å². The van der Waals surface area contributed by atoms with Crippen LogP contribution in [0.5, 0.6) is 0 Å². The van der Waals surface area contributed by atoms with Gasteiger partial charge < -0.3 is 4.98 Å². The van der Waals surface area contributed by atoms with Crippen molar-refractivity contribution in [1.82, 2.24) is 9.97 Å². The summed E-state index contributed by atoms with van der Waals surface area (Å²) < 4.78 is 1.08. The van der Waals surface area contributed by atoms with Gasteiger partial charge >= 0.3 is 0 Å². The monoisotopic (exact) mass is 336 g/mol. The van der Waals surface area contributed by atoms with E-state index in [0.717, 1.165) is 26.8 Å². The van der Waals surface area contributed by atoms with Crippen molar-refractivity contribution >= 4 is 37.7 Å². The second kappa shape index (κ2) is 4.71. The van der Waals surface area contributed by atoms with Crippen molar-refractivity contribution in [1.29, 1.82) is 0 Å². The minimum absolute atomic E-state index is 0.996. The second-order valence-corrected chi connectivity index (χ2v) is 6.20. The van der Waals surface area contributed by atoms with Crippen LogP contribution in [0.4, 0.5) is 0 Å². The molecule has 2 nitrogen and oxygen atoms in total. The molecule has 4 rings (SSSR count). The molecule has 1 N–H and O–H groups in total. The first-order valence-electron chi connectivity index (χ1n) is 6.85. The number of halogens is 1. The summed E-state index contributed by atoms with van der Waals surface area (Å²) in [5.41, 5.74) is 5.54. The number of H-pyrrole nitrogens is 1. The van der Waals surface area contributed by atoms with Crippen molar-refractivity contribution in [2.24, 2.45) is 0 Å². The van der Waals surface area contributed by atoms with Crippen molar-refractivity contribution in [2.45, 2.75) is 6.92 Å². The molecule has 3 heteroatoms. The summed E-state index contributed by atoms with van der Waals surface area (Å²) >= 11 is 3.54. The molecule has 102 valence electrons. The molecule has 2 aromatic carbocycles. The van der Waals surface area contributed by atoms with E-state index in [-0.39, 0.29) is 0 Å². The van der Waals surface area contributed by atoms with E-state index in [1.165, 1.54) is 16.3 Å². The number of rotatable bonds is 1. The van der Waals surface area contributed by atoms with Gasteiger partial charge in [-0.15, -0.1) is 0 Å². The van der Waals surface area contributed by atoms with E-state index in [4.69, 9.17) is 4.98 Å². The quantitative estimate of drug-likeness (QED) is 0.491. The Hall–Kier alpha value is -2.13.